The van der Waals surface area contributed by atoms with Gasteiger partial charge in [-0.1, -0.05) is 29.8 Å². The molecule has 130 valence electrons. The van der Waals surface area contributed by atoms with Crippen LogP contribution in [0.4, 0.5) is 15.8 Å². The van der Waals surface area contributed by atoms with Crippen molar-refractivity contribution >= 4 is 34.8 Å². The van der Waals surface area contributed by atoms with Crippen molar-refractivity contribution in [1.29, 1.82) is 0 Å². The third kappa shape index (κ3) is 3.24. The molecule has 0 spiro atoms. The summed E-state index contributed by atoms with van der Waals surface area (Å²) in [5, 5.41) is 2.55. The number of rotatable bonds is 3. The lowest BCUT2D eigenvalue weighted by Gasteiger charge is -2.28. The molecular formula is C19H18ClFN2O2. The fourth-order valence-corrected chi connectivity index (χ4v) is 3.03. The fourth-order valence-electron chi connectivity index (χ4n) is 2.84. The van der Waals surface area contributed by atoms with E-state index in [1.165, 1.54) is 18.2 Å². The molecule has 0 atom stereocenters. The number of carbonyl (C=O) groups is 2. The number of para-hydroxylation sites is 1. The van der Waals surface area contributed by atoms with Crippen molar-refractivity contribution in [3.63, 3.8) is 0 Å². The normalized spacial score (nSPS) is 13.5. The number of nitrogens with zero attached hydrogens (tertiary/aromatic N) is 1. The lowest BCUT2D eigenvalue weighted by molar-refractivity contribution is -0.136. The van der Waals surface area contributed by atoms with Crippen molar-refractivity contribution in [3.8, 4) is 0 Å². The SMILES string of the molecule is CC(C)(C(=O)Nc1ccc(F)c(Cl)c1)C(=O)N1CCc2ccccc21. The van der Waals surface area contributed by atoms with E-state index in [0.717, 1.165) is 17.7 Å². The first kappa shape index (κ1) is 17.4. The average Bonchev–Trinajstić information content (AvgIpc) is 3.01. The molecule has 2 amide bonds. The quantitative estimate of drug-likeness (QED) is 0.840. The zero-order chi connectivity index (χ0) is 18.2. The number of carbonyl (C=O) groups excluding carboxylic acids is 2. The highest BCUT2D eigenvalue weighted by atomic mass is 35.5. The van der Waals surface area contributed by atoms with E-state index in [1.807, 2.05) is 24.3 Å². The van der Waals surface area contributed by atoms with Gasteiger partial charge in [-0.25, -0.2) is 4.39 Å². The second-order valence-electron chi connectivity index (χ2n) is 6.54. The molecule has 25 heavy (non-hydrogen) atoms. The van der Waals surface area contributed by atoms with Crippen molar-refractivity contribution < 1.29 is 14.0 Å². The van der Waals surface area contributed by atoms with Crippen LogP contribution in [-0.2, 0) is 16.0 Å². The Morgan fingerprint density at radius 1 is 1.20 bits per heavy atom. The maximum absolute atomic E-state index is 13.2. The molecule has 0 radical (unpaired) electrons. The summed E-state index contributed by atoms with van der Waals surface area (Å²) in [4.78, 5) is 27.3. The monoisotopic (exact) mass is 360 g/mol. The van der Waals surface area contributed by atoms with Crippen LogP contribution in [0.3, 0.4) is 0 Å². The van der Waals surface area contributed by atoms with Gasteiger partial charge in [0.05, 0.1) is 5.02 Å². The Morgan fingerprint density at radius 2 is 1.92 bits per heavy atom. The fraction of sp³-hybridized carbons (Fsp3) is 0.263. The van der Waals surface area contributed by atoms with Crippen LogP contribution < -0.4 is 10.2 Å². The van der Waals surface area contributed by atoms with Gasteiger partial charge in [0, 0.05) is 17.9 Å². The number of hydrogen-bond acceptors (Lipinski definition) is 2. The third-order valence-electron chi connectivity index (χ3n) is 4.41. The van der Waals surface area contributed by atoms with Crippen molar-refractivity contribution in [2.75, 3.05) is 16.8 Å². The van der Waals surface area contributed by atoms with Crippen molar-refractivity contribution in [2.24, 2.45) is 5.41 Å². The number of halogens is 2. The maximum atomic E-state index is 13.2. The Kier molecular flexibility index (Phi) is 4.52. The van der Waals surface area contributed by atoms with Crippen LogP contribution >= 0.6 is 11.6 Å². The lowest BCUT2D eigenvalue weighted by atomic mass is 9.90. The molecular weight excluding hydrogens is 343 g/mol. The molecule has 1 heterocycles. The molecule has 0 saturated carbocycles. The van der Waals surface area contributed by atoms with Gasteiger partial charge in [0.2, 0.25) is 11.8 Å². The van der Waals surface area contributed by atoms with Crippen molar-refractivity contribution in [3.05, 3.63) is 58.9 Å². The summed E-state index contributed by atoms with van der Waals surface area (Å²) in [6.45, 7) is 3.71. The topological polar surface area (TPSA) is 49.4 Å². The molecule has 0 saturated heterocycles. The summed E-state index contributed by atoms with van der Waals surface area (Å²) < 4.78 is 13.2. The zero-order valence-corrected chi connectivity index (χ0v) is 14.7. The summed E-state index contributed by atoms with van der Waals surface area (Å²) in [6, 6.07) is 11.6. The third-order valence-corrected chi connectivity index (χ3v) is 4.70. The predicted octanol–water partition coefficient (Wildman–Crippen LogP) is 4.03. The largest absolute Gasteiger partial charge is 0.325 e. The Morgan fingerprint density at radius 3 is 2.64 bits per heavy atom. The summed E-state index contributed by atoms with van der Waals surface area (Å²) >= 11 is 5.73. The minimum absolute atomic E-state index is 0.0876. The summed E-state index contributed by atoms with van der Waals surface area (Å²) in [5.74, 6) is -1.31. The standard InChI is InChI=1S/C19H18ClFN2O2/c1-19(2,17(24)22-13-7-8-15(21)14(20)11-13)18(25)23-10-9-12-5-3-4-6-16(12)23/h3-8,11H,9-10H2,1-2H3,(H,22,24). The summed E-state index contributed by atoms with van der Waals surface area (Å²) in [7, 11) is 0. The highest BCUT2D eigenvalue weighted by Gasteiger charge is 2.41. The van der Waals surface area contributed by atoms with Crippen LogP contribution in [0.15, 0.2) is 42.5 Å². The van der Waals surface area contributed by atoms with Gasteiger partial charge in [-0.3, -0.25) is 9.59 Å². The molecule has 1 aliphatic rings. The number of fused-ring (bicyclic) bond motifs is 1. The molecule has 0 aromatic heterocycles. The molecule has 0 bridgehead atoms. The Hall–Kier alpha value is -2.40. The zero-order valence-electron chi connectivity index (χ0n) is 14.0. The number of amides is 2. The molecule has 0 aliphatic carbocycles. The van der Waals surface area contributed by atoms with E-state index >= 15 is 0 Å². The molecule has 2 aromatic rings. The highest BCUT2D eigenvalue weighted by Crippen LogP contribution is 2.32. The van der Waals surface area contributed by atoms with Crippen molar-refractivity contribution in [1.82, 2.24) is 0 Å². The number of hydrogen-bond donors (Lipinski definition) is 1. The van der Waals surface area contributed by atoms with Crippen molar-refractivity contribution in [2.45, 2.75) is 20.3 Å². The molecule has 6 heteroatoms. The molecule has 2 aromatic carbocycles. The molecule has 4 nitrogen and oxygen atoms in total. The van der Waals surface area contributed by atoms with Crippen LogP contribution in [0, 0.1) is 11.2 Å². The molecule has 1 aliphatic heterocycles. The Bertz CT molecular complexity index is 851. The number of anilines is 2. The number of benzene rings is 2. The first-order chi connectivity index (χ1) is 11.8. The molecule has 1 N–H and O–H groups in total. The Balaban J connectivity index is 1.79. The minimum Gasteiger partial charge on any atom is -0.325 e. The van der Waals surface area contributed by atoms with Gasteiger partial charge in [0.15, 0.2) is 0 Å². The van der Waals surface area contributed by atoms with E-state index in [4.69, 9.17) is 11.6 Å². The van der Waals surface area contributed by atoms with Gasteiger partial charge in [0.1, 0.15) is 11.2 Å². The number of nitrogens with one attached hydrogen (secondary N) is 1. The van der Waals surface area contributed by atoms with Gasteiger partial charge < -0.3 is 10.2 Å². The van der Waals surface area contributed by atoms with E-state index in [2.05, 4.69) is 5.32 Å². The predicted molar refractivity (Wildman–Crippen MR) is 96.3 cm³/mol. The van der Waals surface area contributed by atoms with Crippen LogP contribution in [0.2, 0.25) is 5.02 Å². The lowest BCUT2D eigenvalue weighted by Crippen LogP contribution is -2.47. The summed E-state index contributed by atoms with van der Waals surface area (Å²) in [5.41, 5.74) is 1.01. The van der Waals surface area contributed by atoms with Gasteiger partial charge in [-0.2, -0.15) is 0 Å². The summed E-state index contributed by atoms with van der Waals surface area (Å²) in [6.07, 6.45) is 0.771. The van der Waals surface area contributed by atoms with Crippen LogP contribution in [-0.4, -0.2) is 18.4 Å². The van der Waals surface area contributed by atoms with E-state index in [9.17, 15) is 14.0 Å². The van der Waals surface area contributed by atoms with E-state index < -0.39 is 17.1 Å². The smallest absolute Gasteiger partial charge is 0.242 e. The molecule has 0 fully saturated rings. The second-order valence-corrected chi connectivity index (χ2v) is 6.95. The van der Waals surface area contributed by atoms with Crippen LogP contribution in [0.5, 0.6) is 0 Å². The van der Waals surface area contributed by atoms with E-state index in [1.54, 1.807) is 18.7 Å². The average molecular weight is 361 g/mol. The molecule has 0 unspecified atom stereocenters. The molecule has 3 rings (SSSR count). The van der Waals surface area contributed by atoms with Crippen LogP contribution in [0.25, 0.3) is 0 Å². The Labute approximate surface area is 150 Å². The minimum atomic E-state index is -1.28. The maximum Gasteiger partial charge on any atom is 0.242 e. The van der Waals surface area contributed by atoms with E-state index in [0.29, 0.717) is 12.2 Å². The first-order valence-electron chi connectivity index (χ1n) is 7.97. The highest BCUT2D eigenvalue weighted by molar-refractivity contribution is 6.31. The van der Waals surface area contributed by atoms with Gasteiger partial charge in [0.25, 0.3) is 0 Å². The second kappa shape index (κ2) is 6.48. The first-order valence-corrected chi connectivity index (χ1v) is 8.35. The van der Waals surface area contributed by atoms with E-state index in [-0.39, 0.29) is 10.9 Å². The van der Waals surface area contributed by atoms with Crippen LogP contribution in [0.1, 0.15) is 19.4 Å². The van der Waals surface area contributed by atoms with Gasteiger partial charge >= 0.3 is 0 Å². The van der Waals surface area contributed by atoms with Gasteiger partial charge in [-0.05, 0) is 50.1 Å². The van der Waals surface area contributed by atoms with Gasteiger partial charge in [-0.15, -0.1) is 0 Å².